The summed E-state index contributed by atoms with van der Waals surface area (Å²) in [7, 11) is 0. The summed E-state index contributed by atoms with van der Waals surface area (Å²) in [6.45, 7) is 4.97. The van der Waals surface area contributed by atoms with Crippen molar-refractivity contribution in [2.45, 2.75) is 495 Å². The van der Waals surface area contributed by atoms with Gasteiger partial charge in [0.25, 0.3) is 0 Å². The van der Waals surface area contributed by atoms with Crippen molar-refractivity contribution >= 4 is 11.9 Å². The minimum absolute atomic E-state index is 0.0259. The van der Waals surface area contributed by atoms with Gasteiger partial charge in [0.15, 0.2) is 0 Å². The highest BCUT2D eigenvalue weighted by Crippen LogP contribution is 2.21. The van der Waals surface area contributed by atoms with Crippen molar-refractivity contribution in [2.75, 3.05) is 13.2 Å². The zero-order chi connectivity index (χ0) is 64.2. The predicted octanol–water partition coefficient (Wildman–Crippen LogP) is 27.4. The van der Waals surface area contributed by atoms with Crippen LogP contribution in [0.2, 0.25) is 0 Å². The summed E-state index contributed by atoms with van der Waals surface area (Å²) in [5.74, 6) is -0.0309. The van der Waals surface area contributed by atoms with Gasteiger partial charge in [0.05, 0.1) is 25.4 Å². The van der Waals surface area contributed by atoms with Gasteiger partial charge in [-0.2, -0.15) is 0 Å². The Balaban J connectivity index is 3.33. The molecule has 0 spiro atoms. The Bertz CT molecular complexity index is 1350. The number of rotatable bonds is 79. The quantitative estimate of drug-likeness (QED) is 0.0320. The zero-order valence-corrected chi connectivity index (χ0v) is 61.0. The molecule has 0 bridgehead atoms. The van der Waals surface area contributed by atoms with Crippen LogP contribution < -0.4 is 5.32 Å². The highest BCUT2D eigenvalue weighted by Gasteiger charge is 2.18. The molecule has 2 atom stereocenters. The highest BCUT2D eigenvalue weighted by atomic mass is 16.5. The summed E-state index contributed by atoms with van der Waals surface area (Å²) >= 11 is 0. The number of hydrogen-bond donors (Lipinski definition) is 3. The first-order valence-electron chi connectivity index (χ1n) is 41.5. The molecule has 0 aliphatic heterocycles. The standard InChI is InChI=1S/C83H163NO5/c1-3-5-7-9-11-13-15-17-19-20-21-22-36-39-42-45-48-51-55-59-63-67-71-75-81(86)80(79-85)84-82(87)76-72-68-64-60-56-52-49-46-43-40-37-34-32-30-28-26-24-23-25-27-29-31-33-35-38-41-44-47-50-54-58-62-66-70-74-78-89-83(88)77-73-69-65-61-57-53-18-16-14-12-10-8-6-4-2/h71,75,80-81,85-86H,3-70,72-74,76-79H2,1-2H3,(H,84,87)/b75-71+. The molecule has 0 aliphatic carbocycles. The fourth-order valence-corrected chi connectivity index (χ4v) is 13.5. The molecule has 0 saturated heterocycles. The van der Waals surface area contributed by atoms with E-state index in [2.05, 4.69) is 19.2 Å². The van der Waals surface area contributed by atoms with Gasteiger partial charge < -0.3 is 20.3 Å². The number of allylic oxidation sites excluding steroid dienone is 1. The van der Waals surface area contributed by atoms with Gasteiger partial charge in [0.1, 0.15) is 0 Å². The fraction of sp³-hybridized carbons (Fsp3) is 0.952. The van der Waals surface area contributed by atoms with Crippen molar-refractivity contribution in [1.82, 2.24) is 5.32 Å². The normalized spacial score (nSPS) is 12.4. The molecule has 0 heterocycles. The van der Waals surface area contributed by atoms with Gasteiger partial charge >= 0.3 is 5.97 Å². The minimum atomic E-state index is -0.842. The third-order valence-electron chi connectivity index (χ3n) is 19.8. The third-order valence-corrected chi connectivity index (χ3v) is 19.8. The Labute approximate surface area is 559 Å². The molecule has 3 N–H and O–H groups in total. The van der Waals surface area contributed by atoms with Crippen LogP contribution in [0.1, 0.15) is 483 Å². The maximum Gasteiger partial charge on any atom is 0.305 e. The highest BCUT2D eigenvalue weighted by molar-refractivity contribution is 5.76. The second-order valence-electron chi connectivity index (χ2n) is 28.8. The van der Waals surface area contributed by atoms with Crippen LogP contribution in [-0.4, -0.2) is 47.4 Å². The van der Waals surface area contributed by atoms with E-state index in [0.717, 1.165) is 38.5 Å². The van der Waals surface area contributed by atoms with Gasteiger partial charge in [-0.15, -0.1) is 0 Å². The Morgan fingerprint density at radius 1 is 0.303 bits per heavy atom. The maximum atomic E-state index is 12.6. The van der Waals surface area contributed by atoms with Crippen LogP contribution in [0.15, 0.2) is 12.2 Å². The number of unbranched alkanes of at least 4 members (excludes halogenated alkanes) is 68. The summed E-state index contributed by atoms with van der Waals surface area (Å²) in [5, 5.41) is 23.3. The lowest BCUT2D eigenvalue weighted by molar-refractivity contribution is -0.143. The number of aliphatic hydroxyl groups is 2. The molecule has 0 aliphatic rings. The summed E-state index contributed by atoms with van der Waals surface area (Å²) in [5.41, 5.74) is 0. The molecule has 0 aromatic heterocycles. The Hall–Kier alpha value is -1.40. The summed E-state index contributed by atoms with van der Waals surface area (Å²) in [4.78, 5) is 24.6. The number of ether oxygens (including phenoxy) is 1. The predicted molar refractivity (Wildman–Crippen MR) is 394 cm³/mol. The lowest BCUT2D eigenvalue weighted by Gasteiger charge is -2.20. The average molecular weight is 1260 g/mol. The van der Waals surface area contributed by atoms with E-state index in [1.165, 1.54) is 417 Å². The first-order chi connectivity index (χ1) is 44.0. The molecule has 2 unspecified atom stereocenters. The van der Waals surface area contributed by atoms with E-state index in [4.69, 9.17) is 4.74 Å². The van der Waals surface area contributed by atoms with Crippen LogP contribution in [0.3, 0.4) is 0 Å². The topological polar surface area (TPSA) is 95.9 Å². The molecule has 0 rings (SSSR count). The van der Waals surface area contributed by atoms with Crippen LogP contribution in [0.4, 0.5) is 0 Å². The monoisotopic (exact) mass is 1250 g/mol. The number of esters is 1. The first-order valence-corrected chi connectivity index (χ1v) is 41.5. The third kappa shape index (κ3) is 75.5. The zero-order valence-electron chi connectivity index (χ0n) is 61.0. The molecule has 530 valence electrons. The molecule has 6 nitrogen and oxygen atoms in total. The van der Waals surface area contributed by atoms with E-state index >= 15 is 0 Å². The Kier molecular flexibility index (Phi) is 77.8. The van der Waals surface area contributed by atoms with Gasteiger partial charge in [0.2, 0.25) is 5.91 Å². The number of hydrogen-bond acceptors (Lipinski definition) is 5. The summed E-state index contributed by atoms with van der Waals surface area (Å²) < 4.78 is 5.50. The number of amides is 1. The SMILES string of the molecule is CCCCCCCCCCCCCCCCCCCCCCC/C=C/C(O)C(CO)NC(=O)CCCCCCCCCCCCCCCCCCCCCCCCCCCCCCCCCCCCCOC(=O)CCCCCCCCCCCCCCCC. The van der Waals surface area contributed by atoms with Crippen molar-refractivity contribution in [3.63, 3.8) is 0 Å². The Morgan fingerprint density at radius 2 is 0.517 bits per heavy atom. The van der Waals surface area contributed by atoms with Crippen LogP contribution in [0, 0.1) is 0 Å². The van der Waals surface area contributed by atoms with Crippen LogP contribution in [-0.2, 0) is 14.3 Å². The molecule has 6 heteroatoms. The molecule has 0 aromatic rings. The maximum absolute atomic E-state index is 12.6. The van der Waals surface area contributed by atoms with Crippen molar-refractivity contribution in [2.24, 2.45) is 0 Å². The minimum Gasteiger partial charge on any atom is -0.466 e. The van der Waals surface area contributed by atoms with Gasteiger partial charge in [-0.3, -0.25) is 9.59 Å². The molecular weight excluding hydrogens is 1090 g/mol. The van der Waals surface area contributed by atoms with Gasteiger partial charge in [-0.1, -0.05) is 450 Å². The van der Waals surface area contributed by atoms with E-state index in [0.29, 0.717) is 19.4 Å². The lowest BCUT2D eigenvalue weighted by atomic mass is 10.0. The van der Waals surface area contributed by atoms with E-state index in [9.17, 15) is 19.8 Å². The number of nitrogens with one attached hydrogen (secondary N) is 1. The first kappa shape index (κ1) is 87.6. The molecule has 0 radical (unpaired) electrons. The molecule has 0 fully saturated rings. The molecule has 0 saturated carbocycles. The van der Waals surface area contributed by atoms with E-state index in [-0.39, 0.29) is 18.5 Å². The van der Waals surface area contributed by atoms with Gasteiger partial charge in [-0.05, 0) is 32.1 Å². The molecule has 89 heavy (non-hydrogen) atoms. The van der Waals surface area contributed by atoms with Crippen LogP contribution in [0.25, 0.3) is 0 Å². The molecule has 0 aromatic carbocycles. The largest absolute Gasteiger partial charge is 0.466 e. The smallest absolute Gasteiger partial charge is 0.305 e. The second kappa shape index (κ2) is 79.0. The lowest BCUT2D eigenvalue weighted by Crippen LogP contribution is -2.45. The van der Waals surface area contributed by atoms with E-state index in [1.54, 1.807) is 6.08 Å². The number of carbonyl (C=O) groups excluding carboxylic acids is 2. The van der Waals surface area contributed by atoms with Crippen molar-refractivity contribution in [3.05, 3.63) is 12.2 Å². The molecular formula is C83H163NO5. The van der Waals surface area contributed by atoms with Crippen LogP contribution >= 0.6 is 0 Å². The fourth-order valence-electron chi connectivity index (χ4n) is 13.5. The van der Waals surface area contributed by atoms with Gasteiger partial charge in [-0.25, -0.2) is 0 Å². The second-order valence-corrected chi connectivity index (χ2v) is 28.8. The van der Waals surface area contributed by atoms with Crippen molar-refractivity contribution < 1.29 is 24.5 Å². The summed E-state index contributed by atoms with van der Waals surface area (Å²) in [6.07, 6.45) is 101. The van der Waals surface area contributed by atoms with Gasteiger partial charge in [0, 0.05) is 12.8 Å². The average Bonchev–Trinajstić information content (AvgIpc) is 3.58. The van der Waals surface area contributed by atoms with E-state index in [1.807, 2.05) is 6.08 Å². The Morgan fingerprint density at radius 3 is 0.764 bits per heavy atom. The van der Waals surface area contributed by atoms with E-state index < -0.39 is 12.1 Å². The van der Waals surface area contributed by atoms with Crippen molar-refractivity contribution in [3.8, 4) is 0 Å². The number of aliphatic hydroxyl groups excluding tert-OH is 2. The number of carbonyl (C=O) groups is 2. The summed E-state index contributed by atoms with van der Waals surface area (Å²) in [6, 6.07) is -0.624. The molecule has 1 amide bonds. The van der Waals surface area contributed by atoms with Crippen LogP contribution in [0.5, 0.6) is 0 Å². The van der Waals surface area contributed by atoms with Crippen molar-refractivity contribution in [1.29, 1.82) is 0 Å².